The fourth-order valence-corrected chi connectivity index (χ4v) is 4.06. The molecule has 2 aromatic carbocycles. The van der Waals surface area contributed by atoms with Crippen molar-refractivity contribution >= 4 is 11.5 Å². The topological polar surface area (TPSA) is 38.8 Å². The zero-order valence-corrected chi connectivity index (χ0v) is 18.4. The summed E-state index contributed by atoms with van der Waals surface area (Å²) >= 11 is 0. The Balaban J connectivity index is 1.66. The Morgan fingerprint density at radius 2 is 1.70 bits per heavy atom. The van der Waals surface area contributed by atoms with Crippen molar-refractivity contribution in [2.75, 3.05) is 32.8 Å². The van der Waals surface area contributed by atoms with Crippen LogP contribution in [-0.4, -0.2) is 43.7 Å². The van der Waals surface area contributed by atoms with Crippen LogP contribution in [0.25, 0.3) is 5.57 Å². The van der Waals surface area contributed by atoms with Crippen LogP contribution in [0, 0.1) is 19.8 Å². The van der Waals surface area contributed by atoms with Crippen LogP contribution in [0.15, 0.2) is 54.8 Å². The maximum Gasteiger partial charge on any atom is 0.310 e. The highest BCUT2D eigenvalue weighted by atomic mass is 16.5. The Hall–Kier alpha value is -2.59. The van der Waals surface area contributed by atoms with Gasteiger partial charge in [-0.15, -0.1) is 0 Å². The molecule has 1 aliphatic rings. The Bertz CT molecular complexity index is 827. The molecule has 1 heterocycles. The fourth-order valence-electron chi connectivity index (χ4n) is 4.06. The number of benzene rings is 2. The molecule has 1 fully saturated rings. The lowest BCUT2D eigenvalue weighted by molar-refractivity contribution is -0.150. The highest BCUT2D eigenvalue weighted by molar-refractivity contribution is 5.82. The summed E-state index contributed by atoms with van der Waals surface area (Å²) in [5.74, 6) is -0.0758. The van der Waals surface area contributed by atoms with Crippen LogP contribution < -0.4 is 0 Å². The number of nitrogens with zero attached hydrogens (tertiary/aromatic N) is 1. The number of ether oxygens (including phenoxy) is 2. The van der Waals surface area contributed by atoms with Gasteiger partial charge in [0.2, 0.25) is 0 Å². The van der Waals surface area contributed by atoms with Crippen molar-refractivity contribution in [3.05, 3.63) is 77.0 Å². The lowest BCUT2D eigenvalue weighted by Gasteiger charge is -2.31. The molecule has 0 radical (unpaired) electrons. The number of carbonyl (C=O) groups excluding carboxylic acids is 1. The van der Waals surface area contributed by atoms with E-state index < -0.39 is 0 Å². The lowest BCUT2D eigenvalue weighted by Crippen LogP contribution is -2.40. The van der Waals surface area contributed by atoms with Crippen molar-refractivity contribution in [1.29, 1.82) is 0 Å². The number of aryl methyl sites for hydroxylation is 2. The normalized spacial score (nSPS) is 16.7. The van der Waals surface area contributed by atoms with Crippen LogP contribution in [0.4, 0.5) is 0 Å². The van der Waals surface area contributed by atoms with Gasteiger partial charge in [-0.25, -0.2) is 0 Å². The first-order valence-corrected chi connectivity index (χ1v) is 10.9. The van der Waals surface area contributed by atoms with Gasteiger partial charge in [0.15, 0.2) is 0 Å². The number of piperidine rings is 1. The third kappa shape index (κ3) is 5.73. The zero-order valence-electron chi connectivity index (χ0n) is 18.4. The minimum atomic E-state index is -0.0654. The molecule has 0 saturated carbocycles. The number of likely N-dealkylation sites (tertiary alicyclic amines) is 1. The summed E-state index contributed by atoms with van der Waals surface area (Å²) in [5, 5.41) is 0. The molecule has 0 aromatic heterocycles. The SMILES string of the molecule is CCOC(=O)C1CCCN(CCOC=C(c2ccccc2C)c2ccccc2C)C1. The van der Waals surface area contributed by atoms with Crippen molar-refractivity contribution in [2.45, 2.75) is 33.6 Å². The summed E-state index contributed by atoms with van der Waals surface area (Å²) in [7, 11) is 0. The maximum atomic E-state index is 12.1. The molecule has 1 saturated heterocycles. The number of rotatable bonds is 8. The Morgan fingerprint density at radius 3 is 2.30 bits per heavy atom. The lowest BCUT2D eigenvalue weighted by atomic mass is 9.93. The molecular formula is C26H33NO3. The molecular weight excluding hydrogens is 374 g/mol. The number of hydrogen-bond acceptors (Lipinski definition) is 4. The van der Waals surface area contributed by atoms with Gasteiger partial charge in [0.25, 0.3) is 0 Å². The quantitative estimate of drug-likeness (QED) is 0.351. The van der Waals surface area contributed by atoms with E-state index in [1.807, 2.05) is 13.2 Å². The second kappa shape index (κ2) is 11.0. The van der Waals surface area contributed by atoms with Gasteiger partial charge in [-0.05, 0) is 62.4 Å². The van der Waals surface area contributed by atoms with E-state index in [1.165, 1.54) is 22.3 Å². The molecule has 1 aliphatic heterocycles. The molecule has 4 heteroatoms. The number of esters is 1. The van der Waals surface area contributed by atoms with Gasteiger partial charge in [-0.2, -0.15) is 0 Å². The van der Waals surface area contributed by atoms with Crippen LogP contribution in [0.1, 0.15) is 42.0 Å². The van der Waals surface area contributed by atoms with Crippen LogP contribution in [-0.2, 0) is 14.3 Å². The average molecular weight is 408 g/mol. The van der Waals surface area contributed by atoms with E-state index in [0.717, 1.165) is 38.0 Å². The van der Waals surface area contributed by atoms with Gasteiger partial charge in [-0.1, -0.05) is 48.5 Å². The minimum Gasteiger partial charge on any atom is -0.499 e. The molecule has 4 nitrogen and oxygen atoms in total. The number of carbonyl (C=O) groups is 1. The first-order valence-electron chi connectivity index (χ1n) is 10.9. The molecule has 1 unspecified atom stereocenters. The molecule has 0 aliphatic carbocycles. The number of hydrogen-bond donors (Lipinski definition) is 0. The van der Waals surface area contributed by atoms with Crippen molar-refractivity contribution in [3.8, 4) is 0 Å². The molecule has 0 N–H and O–H groups in total. The van der Waals surface area contributed by atoms with E-state index >= 15 is 0 Å². The average Bonchev–Trinajstić information content (AvgIpc) is 2.76. The van der Waals surface area contributed by atoms with Gasteiger partial charge in [0.1, 0.15) is 6.61 Å². The van der Waals surface area contributed by atoms with E-state index in [0.29, 0.717) is 13.2 Å². The summed E-state index contributed by atoms with van der Waals surface area (Å²) < 4.78 is 11.2. The van der Waals surface area contributed by atoms with E-state index in [4.69, 9.17) is 9.47 Å². The van der Waals surface area contributed by atoms with E-state index in [2.05, 4.69) is 67.3 Å². The molecule has 2 aromatic rings. The summed E-state index contributed by atoms with van der Waals surface area (Å²) in [6.45, 7) is 9.73. The Morgan fingerprint density at radius 1 is 1.07 bits per heavy atom. The highest BCUT2D eigenvalue weighted by Crippen LogP contribution is 2.28. The molecule has 0 amide bonds. The van der Waals surface area contributed by atoms with Gasteiger partial charge in [0.05, 0.1) is 18.8 Å². The van der Waals surface area contributed by atoms with Crippen LogP contribution in [0.5, 0.6) is 0 Å². The van der Waals surface area contributed by atoms with Crippen molar-refractivity contribution in [2.24, 2.45) is 5.92 Å². The second-order valence-electron chi connectivity index (χ2n) is 7.92. The molecule has 30 heavy (non-hydrogen) atoms. The monoisotopic (exact) mass is 407 g/mol. The van der Waals surface area contributed by atoms with Gasteiger partial charge in [-0.3, -0.25) is 9.69 Å². The van der Waals surface area contributed by atoms with E-state index in [1.54, 1.807) is 0 Å². The fraction of sp³-hybridized carbons (Fsp3) is 0.423. The summed E-state index contributed by atoms with van der Waals surface area (Å²) in [4.78, 5) is 14.4. The molecule has 1 atom stereocenters. The van der Waals surface area contributed by atoms with Crippen LogP contribution in [0.3, 0.4) is 0 Å². The summed E-state index contributed by atoms with van der Waals surface area (Å²) in [5.41, 5.74) is 5.93. The van der Waals surface area contributed by atoms with E-state index in [9.17, 15) is 4.79 Å². The van der Waals surface area contributed by atoms with Gasteiger partial charge >= 0.3 is 5.97 Å². The Kier molecular flexibility index (Phi) is 8.09. The summed E-state index contributed by atoms with van der Waals surface area (Å²) in [6.07, 6.45) is 3.84. The predicted molar refractivity (Wildman–Crippen MR) is 121 cm³/mol. The first kappa shape index (κ1) is 22.1. The first-order chi connectivity index (χ1) is 14.6. The highest BCUT2D eigenvalue weighted by Gasteiger charge is 2.26. The predicted octanol–water partition coefficient (Wildman–Crippen LogP) is 4.98. The third-order valence-corrected chi connectivity index (χ3v) is 5.72. The van der Waals surface area contributed by atoms with Crippen molar-refractivity contribution in [1.82, 2.24) is 4.90 Å². The van der Waals surface area contributed by atoms with Crippen LogP contribution in [0.2, 0.25) is 0 Å². The molecule has 0 bridgehead atoms. The standard InChI is InChI=1S/C26H33NO3/c1-4-30-26(28)22-12-9-15-27(18-22)16-17-29-19-25(23-13-7-5-10-20(23)2)24-14-8-6-11-21(24)3/h5-8,10-11,13-14,19,22H,4,9,12,15-18H2,1-3H3. The molecule has 0 spiro atoms. The maximum absolute atomic E-state index is 12.1. The van der Waals surface area contributed by atoms with Crippen LogP contribution >= 0.6 is 0 Å². The Labute approximate surface area is 180 Å². The largest absolute Gasteiger partial charge is 0.499 e. The van der Waals surface area contributed by atoms with Crippen molar-refractivity contribution in [3.63, 3.8) is 0 Å². The van der Waals surface area contributed by atoms with Gasteiger partial charge in [0, 0.05) is 18.7 Å². The van der Waals surface area contributed by atoms with Crippen molar-refractivity contribution < 1.29 is 14.3 Å². The minimum absolute atomic E-state index is 0.0104. The smallest absolute Gasteiger partial charge is 0.310 e. The van der Waals surface area contributed by atoms with E-state index in [-0.39, 0.29) is 11.9 Å². The second-order valence-corrected chi connectivity index (χ2v) is 7.92. The molecule has 160 valence electrons. The third-order valence-electron chi connectivity index (χ3n) is 5.72. The molecule has 3 rings (SSSR count). The zero-order chi connectivity index (χ0) is 21.3. The summed E-state index contributed by atoms with van der Waals surface area (Å²) in [6, 6.07) is 16.8. The van der Waals surface area contributed by atoms with Gasteiger partial charge < -0.3 is 9.47 Å².